The predicted octanol–water partition coefficient (Wildman–Crippen LogP) is 2.58. The lowest BCUT2D eigenvalue weighted by Gasteiger charge is -2.27. The summed E-state index contributed by atoms with van der Waals surface area (Å²) in [5.41, 5.74) is -1.78. The van der Waals surface area contributed by atoms with E-state index in [1.165, 1.54) is 0 Å². The smallest absolute Gasteiger partial charge is 0.314 e. The topological polar surface area (TPSA) is 66.8 Å². The monoisotopic (exact) mass is 272 g/mol. The Balaban J connectivity index is 2.76. The number of carbonyl (C=O) groups is 1. The van der Waals surface area contributed by atoms with Gasteiger partial charge in [0.1, 0.15) is 5.41 Å². The van der Waals surface area contributed by atoms with Gasteiger partial charge >= 0.3 is 5.97 Å². The van der Waals surface area contributed by atoms with E-state index in [-0.39, 0.29) is 18.4 Å². The van der Waals surface area contributed by atoms with Crippen molar-refractivity contribution in [3.05, 3.63) is 23.3 Å². The zero-order valence-electron chi connectivity index (χ0n) is 10.4. The van der Waals surface area contributed by atoms with Gasteiger partial charge in [-0.2, -0.15) is 0 Å². The van der Waals surface area contributed by atoms with Crippen molar-refractivity contribution in [2.75, 3.05) is 7.11 Å². The Labute approximate surface area is 108 Å². The number of phenolic OH excluding ortho intramolecular Hbond substituents is 1. The Kier molecular flexibility index (Phi) is 3.34. The lowest BCUT2D eigenvalue weighted by Crippen LogP contribution is -2.33. The molecule has 1 aliphatic carbocycles. The molecule has 2 N–H and O–H groups in total. The van der Waals surface area contributed by atoms with Crippen LogP contribution in [0.4, 0.5) is 8.78 Å². The molecule has 1 aromatic carbocycles. The van der Waals surface area contributed by atoms with Gasteiger partial charge in [0, 0.05) is 6.07 Å². The summed E-state index contributed by atoms with van der Waals surface area (Å²) >= 11 is 0. The molecule has 1 aromatic rings. The first kappa shape index (κ1) is 13.6. The molecule has 0 unspecified atom stereocenters. The van der Waals surface area contributed by atoms with Crippen molar-refractivity contribution in [2.45, 2.75) is 31.1 Å². The van der Waals surface area contributed by atoms with Crippen LogP contribution in [-0.2, 0) is 10.2 Å². The van der Waals surface area contributed by atoms with Crippen LogP contribution in [0.3, 0.4) is 0 Å². The van der Waals surface area contributed by atoms with Gasteiger partial charge in [-0.3, -0.25) is 4.79 Å². The number of aliphatic carboxylic acids is 1. The standard InChI is InChI=1S/C13H14F2O4/c1-19-11-8(15)6-7(14)10(16)9(11)13(12(17)18)4-2-3-5-13/h6,16H,2-5H2,1H3,(H,17,18). The molecule has 0 heterocycles. The first-order valence-electron chi connectivity index (χ1n) is 5.93. The normalized spacial score (nSPS) is 17.4. The van der Waals surface area contributed by atoms with Crippen LogP contribution in [-0.4, -0.2) is 23.3 Å². The average Bonchev–Trinajstić information content (AvgIpc) is 2.83. The number of rotatable bonds is 3. The third-order valence-electron chi connectivity index (χ3n) is 3.71. The van der Waals surface area contributed by atoms with Gasteiger partial charge in [-0.15, -0.1) is 0 Å². The van der Waals surface area contributed by atoms with Crippen LogP contribution in [0.2, 0.25) is 0 Å². The van der Waals surface area contributed by atoms with Gasteiger partial charge in [-0.1, -0.05) is 12.8 Å². The van der Waals surface area contributed by atoms with Crippen LogP contribution in [0.15, 0.2) is 6.07 Å². The number of aromatic hydroxyl groups is 1. The Morgan fingerprint density at radius 1 is 1.32 bits per heavy atom. The highest BCUT2D eigenvalue weighted by atomic mass is 19.1. The Bertz CT molecular complexity index is 522. The summed E-state index contributed by atoms with van der Waals surface area (Å²) in [7, 11) is 1.16. The molecule has 0 spiro atoms. The van der Waals surface area contributed by atoms with E-state index in [0.717, 1.165) is 7.11 Å². The van der Waals surface area contributed by atoms with Gasteiger partial charge in [0.2, 0.25) is 0 Å². The van der Waals surface area contributed by atoms with Crippen molar-refractivity contribution in [1.82, 2.24) is 0 Å². The molecular formula is C13H14F2O4. The fourth-order valence-corrected chi connectivity index (χ4v) is 2.78. The maximum Gasteiger partial charge on any atom is 0.314 e. The van der Waals surface area contributed by atoms with Crippen molar-refractivity contribution >= 4 is 5.97 Å². The number of ether oxygens (including phenoxy) is 1. The minimum Gasteiger partial charge on any atom is -0.505 e. The van der Waals surface area contributed by atoms with Crippen molar-refractivity contribution in [2.24, 2.45) is 0 Å². The quantitative estimate of drug-likeness (QED) is 0.887. The second-order valence-corrected chi connectivity index (χ2v) is 4.69. The third kappa shape index (κ3) is 1.91. The summed E-state index contributed by atoms with van der Waals surface area (Å²) < 4.78 is 32.0. The van der Waals surface area contributed by atoms with Gasteiger partial charge in [-0.25, -0.2) is 8.78 Å². The van der Waals surface area contributed by atoms with Gasteiger partial charge in [0.05, 0.1) is 12.7 Å². The molecule has 0 atom stereocenters. The van der Waals surface area contributed by atoms with Crippen LogP contribution < -0.4 is 4.74 Å². The largest absolute Gasteiger partial charge is 0.505 e. The number of benzene rings is 1. The molecule has 1 aliphatic rings. The summed E-state index contributed by atoms with van der Waals surface area (Å²) in [6.45, 7) is 0. The lowest BCUT2D eigenvalue weighted by atomic mass is 9.77. The van der Waals surface area contributed by atoms with Crippen molar-refractivity contribution in [3.63, 3.8) is 0 Å². The van der Waals surface area contributed by atoms with E-state index < -0.39 is 34.5 Å². The van der Waals surface area contributed by atoms with Crippen LogP contribution in [0.5, 0.6) is 11.5 Å². The molecule has 0 radical (unpaired) electrons. The van der Waals surface area contributed by atoms with Gasteiger partial charge in [-0.05, 0) is 12.8 Å². The average molecular weight is 272 g/mol. The molecule has 0 amide bonds. The predicted molar refractivity (Wildman–Crippen MR) is 62.4 cm³/mol. The molecular weight excluding hydrogens is 258 g/mol. The SMILES string of the molecule is COc1c(F)cc(F)c(O)c1C1(C(=O)O)CCCC1. The van der Waals surface area contributed by atoms with Crippen LogP contribution in [0, 0.1) is 11.6 Å². The minimum absolute atomic E-state index is 0.217. The van der Waals surface area contributed by atoms with Crippen molar-refractivity contribution in [1.29, 1.82) is 0 Å². The second kappa shape index (κ2) is 4.68. The zero-order chi connectivity index (χ0) is 14.2. The van der Waals surface area contributed by atoms with E-state index in [2.05, 4.69) is 0 Å². The first-order valence-corrected chi connectivity index (χ1v) is 5.93. The van der Waals surface area contributed by atoms with Crippen LogP contribution in [0.25, 0.3) is 0 Å². The fraction of sp³-hybridized carbons (Fsp3) is 0.462. The summed E-state index contributed by atoms with van der Waals surface area (Å²) in [6, 6.07) is 0.488. The van der Waals surface area contributed by atoms with Gasteiger partial charge < -0.3 is 14.9 Å². The molecule has 0 bridgehead atoms. The molecule has 4 nitrogen and oxygen atoms in total. The molecule has 2 rings (SSSR count). The number of phenols is 1. The van der Waals surface area contributed by atoms with E-state index in [1.54, 1.807) is 0 Å². The molecule has 104 valence electrons. The second-order valence-electron chi connectivity index (χ2n) is 4.69. The number of hydrogen-bond acceptors (Lipinski definition) is 3. The third-order valence-corrected chi connectivity index (χ3v) is 3.71. The Morgan fingerprint density at radius 2 is 1.89 bits per heavy atom. The summed E-state index contributed by atoms with van der Waals surface area (Å²) in [5, 5.41) is 19.3. The Morgan fingerprint density at radius 3 is 2.37 bits per heavy atom. The highest BCUT2D eigenvalue weighted by Gasteiger charge is 2.48. The molecule has 6 heteroatoms. The van der Waals surface area contributed by atoms with E-state index in [9.17, 15) is 23.8 Å². The van der Waals surface area contributed by atoms with E-state index in [1.807, 2.05) is 0 Å². The molecule has 1 saturated carbocycles. The Hall–Kier alpha value is -1.85. The maximum absolute atomic E-state index is 13.7. The fourth-order valence-electron chi connectivity index (χ4n) is 2.78. The first-order chi connectivity index (χ1) is 8.94. The summed E-state index contributed by atoms with van der Waals surface area (Å²) in [5.74, 6) is -4.64. The molecule has 0 saturated heterocycles. The highest BCUT2D eigenvalue weighted by Crippen LogP contribution is 2.50. The molecule has 1 fully saturated rings. The lowest BCUT2D eigenvalue weighted by molar-refractivity contribution is -0.143. The van der Waals surface area contributed by atoms with E-state index in [0.29, 0.717) is 18.9 Å². The van der Waals surface area contributed by atoms with Crippen LogP contribution >= 0.6 is 0 Å². The van der Waals surface area contributed by atoms with Crippen molar-refractivity contribution < 1.29 is 28.5 Å². The highest BCUT2D eigenvalue weighted by molar-refractivity contribution is 5.84. The zero-order valence-corrected chi connectivity index (χ0v) is 10.4. The summed E-state index contributed by atoms with van der Waals surface area (Å²) in [4.78, 5) is 11.6. The number of hydrogen-bond donors (Lipinski definition) is 2. The number of methoxy groups -OCH3 is 1. The van der Waals surface area contributed by atoms with Gasteiger partial charge in [0.15, 0.2) is 23.1 Å². The molecule has 19 heavy (non-hydrogen) atoms. The van der Waals surface area contributed by atoms with Crippen LogP contribution in [0.1, 0.15) is 31.2 Å². The number of carboxylic acids is 1. The number of carboxylic acid groups (broad SMARTS) is 1. The van der Waals surface area contributed by atoms with Gasteiger partial charge in [0.25, 0.3) is 0 Å². The molecule has 0 aliphatic heterocycles. The van der Waals surface area contributed by atoms with Crippen molar-refractivity contribution in [3.8, 4) is 11.5 Å². The maximum atomic E-state index is 13.7. The van der Waals surface area contributed by atoms with E-state index >= 15 is 0 Å². The number of halogens is 2. The van der Waals surface area contributed by atoms with E-state index in [4.69, 9.17) is 4.74 Å². The molecule has 0 aromatic heterocycles. The summed E-state index contributed by atoms with van der Waals surface area (Å²) in [6.07, 6.45) is 1.67. The minimum atomic E-state index is -1.49.